The molecule has 0 spiro atoms. The van der Waals surface area contributed by atoms with E-state index in [-0.39, 0.29) is 17.0 Å². The second kappa shape index (κ2) is 8.81. The van der Waals surface area contributed by atoms with E-state index in [1.165, 1.54) is 23.9 Å². The Bertz CT molecular complexity index is 896. The Morgan fingerprint density at radius 3 is 2.52 bits per heavy atom. The highest BCUT2D eigenvalue weighted by Crippen LogP contribution is 2.22. The minimum absolute atomic E-state index is 0.100. The van der Waals surface area contributed by atoms with Crippen LogP contribution in [0.1, 0.15) is 23.9 Å². The van der Waals surface area contributed by atoms with E-state index in [1.807, 2.05) is 48.9 Å². The van der Waals surface area contributed by atoms with Crippen LogP contribution in [0.4, 0.5) is 4.39 Å². The van der Waals surface area contributed by atoms with Crippen LogP contribution in [0.3, 0.4) is 0 Å². The zero-order valence-electron chi connectivity index (χ0n) is 15.2. The molecular formula is C20H21FN4OS. The minimum Gasteiger partial charge on any atom is -0.351 e. The van der Waals surface area contributed by atoms with Crippen molar-refractivity contribution in [2.24, 2.45) is 7.05 Å². The number of hydrogen-bond donors (Lipinski definition) is 1. The fraction of sp³-hybridized carbons (Fsp3) is 0.250. The van der Waals surface area contributed by atoms with Crippen LogP contribution in [0.2, 0.25) is 0 Å². The van der Waals surface area contributed by atoms with Gasteiger partial charge in [-0.15, -0.1) is 10.2 Å². The van der Waals surface area contributed by atoms with Gasteiger partial charge in [0.2, 0.25) is 5.91 Å². The number of nitrogens with one attached hydrogen (secondary N) is 1. The zero-order chi connectivity index (χ0) is 19.2. The van der Waals surface area contributed by atoms with Crippen molar-refractivity contribution in [3.05, 3.63) is 77.4 Å². The van der Waals surface area contributed by atoms with Crippen molar-refractivity contribution in [1.29, 1.82) is 0 Å². The average Bonchev–Trinajstić information content (AvgIpc) is 3.01. The Balaban J connectivity index is 1.56. The van der Waals surface area contributed by atoms with Gasteiger partial charge in [-0.25, -0.2) is 4.39 Å². The lowest BCUT2D eigenvalue weighted by Gasteiger charge is -2.12. The summed E-state index contributed by atoms with van der Waals surface area (Å²) >= 11 is 1.36. The predicted octanol–water partition coefficient (Wildman–Crippen LogP) is 3.34. The van der Waals surface area contributed by atoms with Crippen molar-refractivity contribution in [1.82, 2.24) is 20.1 Å². The van der Waals surface area contributed by atoms with E-state index >= 15 is 0 Å². The molecule has 1 amide bonds. The lowest BCUT2D eigenvalue weighted by molar-refractivity contribution is -0.120. The highest BCUT2D eigenvalue weighted by molar-refractivity contribution is 8.00. The van der Waals surface area contributed by atoms with Gasteiger partial charge in [0, 0.05) is 20.0 Å². The van der Waals surface area contributed by atoms with Gasteiger partial charge in [-0.2, -0.15) is 0 Å². The molecule has 0 aliphatic heterocycles. The molecule has 1 aromatic heterocycles. The quantitative estimate of drug-likeness (QED) is 0.635. The van der Waals surface area contributed by atoms with Gasteiger partial charge in [0.15, 0.2) is 5.16 Å². The number of benzene rings is 2. The molecule has 1 atom stereocenters. The molecular weight excluding hydrogens is 363 g/mol. The minimum atomic E-state index is -0.321. The van der Waals surface area contributed by atoms with E-state index in [2.05, 4.69) is 15.5 Å². The topological polar surface area (TPSA) is 59.8 Å². The Morgan fingerprint density at radius 1 is 1.11 bits per heavy atom. The summed E-state index contributed by atoms with van der Waals surface area (Å²) in [7, 11) is 1.91. The van der Waals surface area contributed by atoms with Crippen molar-refractivity contribution in [2.45, 2.75) is 30.3 Å². The summed E-state index contributed by atoms with van der Waals surface area (Å²) in [6.07, 6.45) is 0.691. The third kappa shape index (κ3) is 5.17. The lowest BCUT2D eigenvalue weighted by Crippen LogP contribution is -2.30. The number of halogens is 1. The summed E-state index contributed by atoms with van der Waals surface area (Å²) in [5, 5.41) is 11.7. The Hall–Kier alpha value is -2.67. The van der Waals surface area contributed by atoms with Gasteiger partial charge < -0.3 is 9.88 Å². The summed E-state index contributed by atoms with van der Waals surface area (Å²) in [4.78, 5) is 12.3. The Morgan fingerprint density at radius 2 is 1.81 bits per heavy atom. The highest BCUT2D eigenvalue weighted by atomic mass is 32.2. The van der Waals surface area contributed by atoms with Gasteiger partial charge >= 0.3 is 0 Å². The van der Waals surface area contributed by atoms with E-state index in [4.69, 9.17) is 0 Å². The van der Waals surface area contributed by atoms with E-state index in [9.17, 15) is 9.18 Å². The molecule has 5 nitrogen and oxygen atoms in total. The fourth-order valence-corrected chi connectivity index (χ4v) is 3.38. The second-order valence-electron chi connectivity index (χ2n) is 6.22. The molecule has 140 valence electrons. The maximum Gasteiger partial charge on any atom is 0.233 e. The smallest absolute Gasteiger partial charge is 0.233 e. The maximum atomic E-state index is 12.9. The van der Waals surface area contributed by atoms with E-state index < -0.39 is 0 Å². The van der Waals surface area contributed by atoms with Crippen LogP contribution in [-0.2, 0) is 24.8 Å². The molecule has 3 rings (SSSR count). The Kier molecular flexibility index (Phi) is 6.24. The van der Waals surface area contributed by atoms with Gasteiger partial charge in [0.1, 0.15) is 11.6 Å². The summed E-state index contributed by atoms with van der Waals surface area (Å²) in [6, 6.07) is 16.1. The number of nitrogens with zero attached hydrogens (tertiary/aromatic N) is 3. The van der Waals surface area contributed by atoms with Crippen molar-refractivity contribution < 1.29 is 9.18 Å². The van der Waals surface area contributed by atoms with Crippen molar-refractivity contribution >= 4 is 17.7 Å². The number of rotatable bonds is 7. The standard InChI is InChI=1S/C20H21FN4OS/c1-14(19(26)22-13-16-8-10-17(21)11-9-16)27-20-24-23-18(25(20)2)12-15-6-4-3-5-7-15/h3-11,14H,12-13H2,1-2H3,(H,22,26)/t14-/m0/s1. The first-order valence-electron chi connectivity index (χ1n) is 8.64. The molecule has 27 heavy (non-hydrogen) atoms. The lowest BCUT2D eigenvalue weighted by atomic mass is 10.1. The number of hydrogen-bond acceptors (Lipinski definition) is 4. The number of thioether (sulfide) groups is 1. The average molecular weight is 384 g/mol. The van der Waals surface area contributed by atoms with E-state index in [1.54, 1.807) is 12.1 Å². The van der Waals surface area contributed by atoms with Crippen LogP contribution in [0, 0.1) is 5.82 Å². The third-order valence-corrected chi connectivity index (χ3v) is 5.30. The third-order valence-electron chi connectivity index (χ3n) is 4.16. The molecule has 0 aliphatic rings. The van der Waals surface area contributed by atoms with Gasteiger partial charge in [0.25, 0.3) is 0 Å². The normalized spacial score (nSPS) is 12.0. The molecule has 0 saturated heterocycles. The molecule has 7 heteroatoms. The zero-order valence-corrected chi connectivity index (χ0v) is 16.0. The monoisotopic (exact) mass is 384 g/mol. The van der Waals surface area contributed by atoms with Crippen LogP contribution in [0.25, 0.3) is 0 Å². The highest BCUT2D eigenvalue weighted by Gasteiger charge is 2.18. The van der Waals surface area contributed by atoms with Gasteiger partial charge in [-0.05, 0) is 30.2 Å². The number of amides is 1. The van der Waals surface area contributed by atoms with Gasteiger partial charge in [0.05, 0.1) is 5.25 Å². The Labute approximate surface area is 162 Å². The van der Waals surface area contributed by atoms with Gasteiger partial charge in [-0.3, -0.25) is 4.79 Å². The van der Waals surface area contributed by atoms with Crippen LogP contribution < -0.4 is 5.32 Å². The first-order valence-corrected chi connectivity index (χ1v) is 9.52. The molecule has 0 saturated carbocycles. The number of aromatic nitrogens is 3. The number of carbonyl (C=O) groups is 1. The summed E-state index contributed by atoms with van der Waals surface area (Å²) in [5.74, 6) is 0.460. The second-order valence-corrected chi connectivity index (χ2v) is 7.53. The van der Waals surface area contributed by atoms with Crippen LogP contribution in [-0.4, -0.2) is 25.9 Å². The molecule has 0 fully saturated rings. The van der Waals surface area contributed by atoms with Gasteiger partial charge in [-0.1, -0.05) is 54.2 Å². The summed E-state index contributed by atoms with van der Waals surface area (Å²) in [5.41, 5.74) is 2.01. The molecule has 3 aromatic rings. The molecule has 0 radical (unpaired) electrons. The molecule has 0 aliphatic carbocycles. The maximum absolute atomic E-state index is 12.9. The van der Waals surface area contributed by atoms with Crippen molar-refractivity contribution in [3.63, 3.8) is 0 Å². The number of carbonyl (C=O) groups excluding carboxylic acids is 1. The van der Waals surface area contributed by atoms with E-state index in [0.717, 1.165) is 17.0 Å². The van der Waals surface area contributed by atoms with Crippen molar-refractivity contribution in [2.75, 3.05) is 0 Å². The first kappa shape index (κ1) is 19.1. The van der Waals surface area contributed by atoms with Crippen LogP contribution in [0.15, 0.2) is 59.8 Å². The molecule has 0 bridgehead atoms. The fourth-order valence-electron chi connectivity index (χ4n) is 2.53. The molecule has 1 heterocycles. The largest absolute Gasteiger partial charge is 0.351 e. The molecule has 0 unspecified atom stereocenters. The summed E-state index contributed by atoms with van der Waals surface area (Å²) < 4.78 is 14.8. The van der Waals surface area contributed by atoms with Crippen LogP contribution >= 0.6 is 11.8 Å². The molecule has 1 N–H and O–H groups in total. The van der Waals surface area contributed by atoms with E-state index in [0.29, 0.717) is 18.1 Å². The predicted molar refractivity (Wildman–Crippen MR) is 104 cm³/mol. The van der Waals surface area contributed by atoms with Crippen LogP contribution in [0.5, 0.6) is 0 Å². The van der Waals surface area contributed by atoms with Crippen molar-refractivity contribution in [3.8, 4) is 0 Å². The first-order chi connectivity index (χ1) is 13.0. The molecule has 2 aromatic carbocycles. The summed E-state index contributed by atoms with van der Waals surface area (Å²) in [6.45, 7) is 2.19. The SMILES string of the molecule is C[C@H](Sc1nnc(Cc2ccccc2)n1C)C(=O)NCc1ccc(F)cc1.